The Labute approximate surface area is 147 Å². The van der Waals surface area contributed by atoms with Gasteiger partial charge in [-0.15, -0.1) is 11.8 Å². The van der Waals surface area contributed by atoms with Crippen LogP contribution in [-0.4, -0.2) is 11.7 Å². The van der Waals surface area contributed by atoms with Gasteiger partial charge < -0.3 is 5.32 Å². The monoisotopic (exact) mass is 347 g/mol. The van der Waals surface area contributed by atoms with Gasteiger partial charge >= 0.3 is 0 Å². The molecule has 2 nitrogen and oxygen atoms in total. The second-order valence-corrected chi connectivity index (χ2v) is 7.11. The number of carbonyl (C=O) groups is 1. The van der Waals surface area contributed by atoms with E-state index in [4.69, 9.17) is 11.6 Å². The molecule has 2 aromatic rings. The fourth-order valence-corrected chi connectivity index (χ4v) is 3.39. The molecule has 0 spiro atoms. The lowest BCUT2D eigenvalue weighted by atomic mass is 10.0. The maximum Gasteiger partial charge on any atom is 0.230 e. The topological polar surface area (TPSA) is 29.1 Å². The van der Waals surface area contributed by atoms with Gasteiger partial charge in [0.2, 0.25) is 5.91 Å². The molecule has 2 aromatic carbocycles. The molecule has 0 aliphatic rings. The second kappa shape index (κ2) is 8.42. The van der Waals surface area contributed by atoms with Crippen molar-refractivity contribution in [2.45, 2.75) is 32.6 Å². The Bertz CT molecular complexity index is 687. The first-order valence-electron chi connectivity index (χ1n) is 7.65. The van der Waals surface area contributed by atoms with Gasteiger partial charge in [0, 0.05) is 10.8 Å². The van der Waals surface area contributed by atoms with Gasteiger partial charge in [0.05, 0.1) is 11.8 Å². The molecule has 0 bridgehead atoms. The Morgan fingerprint density at radius 3 is 2.61 bits per heavy atom. The second-order valence-electron chi connectivity index (χ2n) is 5.72. The summed E-state index contributed by atoms with van der Waals surface area (Å²) < 4.78 is 0. The van der Waals surface area contributed by atoms with Crippen molar-refractivity contribution in [3.05, 3.63) is 69.7 Å². The summed E-state index contributed by atoms with van der Waals surface area (Å²) in [5.41, 5.74) is 4.71. The molecule has 122 valence electrons. The molecule has 23 heavy (non-hydrogen) atoms. The number of amides is 1. The van der Waals surface area contributed by atoms with Gasteiger partial charge in [-0.2, -0.15) is 0 Å². The Kier molecular flexibility index (Phi) is 6.55. The molecular formula is C19H22ClNOS. The van der Waals surface area contributed by atoms with Crippen LogP contribution < -0.4 is 5.32 Å². The summed E-state index contributed by atoms with van der Waals surface area (Å²) in [6, 6.07) is 14.1. The summed E-state index contributed by atoms with van der Waals surface area (Å²) in [6.07, 6.45) is 0. The van der Waals surface area contributed by atoms with Gasteiger partial charge in [-0.25, -0.2) is 0 Å². The number of rotatable bonds is 6. The van der Waals surface area contributed by atoms with Crippen molar-refractivity contribution in [1.82, 2.24) is 5.32 Å². The normalized spacial score (nSPS) is 12.0. The molecule has 0 heterocycles. The van der Waals surface area contributed by atoms with Crippen LogP contribution in [0.2, 0.25) is 5.02 Å². The Hall–Kier alpha value is -1.45. The van der Waals surface area contributed by atoms with Crippen molar-refractivity contribution in [3.8, 4) is 0 Å². The summed E-state index contributed by atoms with van der Waals surface area (Å²) in [4.78, 5) is 12.1. The van der Waals surface area contributed by atoms with Crippen LogP contribution in [0.4, 0.5) is 0 Å². The van der Waals surface area contributed by atoms with Crippen molar-refractivity contribution in [2.75, 3.05) is 5.75 Å². The highest BCUT2D eigenvalue weighted by Crippen LogP contribution is 2.21. The van der Waals surface area contributed by atoms with Crippen LogP contribution in [0, 0.1) is 13.8 Å². The smallest absolute Gasteiger partial charge is 0.230 e. The minimum Gasteiger partial charge on any atom is -0.349 e. The SMILES string of the molecule is Cc1ccc([C@@H](C)NC(=O)CSCc2ccccc2Cl)cc1C. The van der Waals surface area contributed by atoms with Crippen LogP contribution in [0.15, 0.2) is 42.5 Å². The van der Waals surface area contributed by atoms with E-state index in [1.807, 2.05) is 31.2 Å². The molecule has 0 aliphatic carbocycles. The van der Waals surface area contributed by atoms with Gasteiger partial charge in [-0.05, 0) is 49.1 Å². The van der Waals surface area contributed by atoms with Crippen molar-refractivity contribution < 1.29 is 4.79 Å². The van der Waals surface area contributed by atoms with E-state index >= 15 is 0 Å². The van der Waals surface area contributed by atoms with Crippen molar-refractivity contribution in [1.29, 1.82) is 0 Å². The summed E-state index contributed by atoms with van der Waals surface area (Å²) in [5.74, 6) is 1.22. The van der Waals surface area contributed by atoms with Gasteiger partial charge in [0.15, 0.2) is 0 Å². The molecule has 1 atom stereocenters. The average Bonchev–Trinajstić information content (AvgIpc) is 2.51. The average molecular weight is 348 g/mol. The minimum atomic E-state index is 0.0164. The molecular weight excluding hydrogens is 326 g/mol. The number of hydrogen-bond acceptors (Lipinski definition) is 2. The predicted molar refractivity (Wildman–Crippen MR) is 100 cm³/mol. The van der Waals surface area contributed by atoms with E-state index in [0.717, 1.165) is 21.9 Å². The summed E-state index contributed by atoms with van der Waals surface area (Å²) >= 11 is 7.69. The first-order chi connectivity index (χ1) is 11.0. The summed E-state index contributed by atoms with van der Waals surface area (Å²) in [6.45, 7) is 6.20. The fourth-order valence-electron chi connectivity index (χ4n) is 2.27. The Morgan fingerprint density at radius 1 is 1.17 bits per heavy atom. The highest BCUT2D eigenvalue weighted by atomic mass is 35.5. The molecule has 0 fully saturated rings. The molecule has 0 aliphatic heterocycles. The van der Waals surface area contributed by atoms with Crippen LogP contribution >= 0.6 is 23.4 Å². The highest BCUT2D eigenvalue weighted by Gasteiger charge is 2.10. The summed E-state index contributed by atoms with van der Waals surface area (Å²) in [5, 5.41) is 3.80. The zero-order valence-corrected chi connectivity index (χ0v) is 15.3. The third-order valence-corrected chi connectivity index (χ3v) is 5.21. The van der Waals surface area contributed by atoms with E-state index in [0.29, 0.717) is 5.75 Å². The maximum atomic E-state index is 12.1. The van der Waals surface area contributed by atoms with Gasteiger partial charge in [0.25, 0.3) is 0 Å². The Balaban J connectivity index is 1.82. The van der Waals surface area contributed by atoms with Crippen LogP contribution in [0.5, 0.6) is 0 Å². The zero-order chi connectivity index (χ0) is 16.8. The molecule has 1 N–H and O–H groups in total. The summed E-state index contributed by atoms with van der Waals surface area (Å²) in [7, 11) is 0. The van der Waals surface area contributed by atoms with Crippen molar-refractivity contribution in [3.63, 3.8) is 0 Å². The lowest BCUT2D eigenvalue weighted by molar-refractivity contribution is -0.119. The molecule has 0 unspecified atom stereocenters. The van der Waals surface area contributed by atoms with E-state index in [1.54, 1.807) is 11.8 Å². The van der Waals surface area contributed by atoms with Crippen molar-refractivity contribution in [2.24, 2.45) is 0 Å². The molecule has 0 radical (unpaired) electrons. The fraction of sp³-hybridized carbons (Fsp3) is 0.316. The molecule has 2 rings (SSSR count). The van der Waals surface area contributed by atoms with Crippen molar-refractivity contribution >= 4 is 29.3 Å². The molecule has 0 saturated heterocycles. The van der Waals surface area contributed by atoms with Crippen LogP contribution in [0.3, 0.4) is 0 Å². The Morgan fingerprint density at radius 2 is 1.91 bits per heavy atom. The number of carbonyl (C=O) groups excluding carboxylic acids is 1. The number of hydrogen-bond donors (Lipinski definition) is 1. The number of halogens is 1. The molecule has 0 aromatic heterocycles. The number of thioether (sulfide) groups is 1. The van der Waals surface area contributed by atoms with E-state index in [9.17, 15) is 4.79 Å². The van der Waals surface area contributed by atoms with Gasteiger partial charge in [-0.1, -0.05) is 48.0 Å². The quantitative estimate of drug-likeness (QED) is 0.790. The van der Waals surface area contributed by atoms with E-state index < -0.39 is 0 Å². The first kappa shape index (κ1) is 17.9. The van der Waals surface area contributed by atoms with Gasteiger partial charge in [-0.3, -0.25) is 4.79 Å². The first-order valence-corrected chi connectivity index (χ1v) is 9.18. The molecule has 0 saturated carbocycles. The van der Waals surface area contributed by atoms with E-state index in [-0.39, 0.29) is 11.9 Å². The standard InChI is InChI=1S/C19H22ClNOS/c1-13-8-9-16(10-14(13)2)15(3)21-19(22)12-23-11-17-6-4-5-7-18(17)20/h4-10,15H,11-12H2,1-3H3,(H,21,22)/t15-/m1/s1. The minimum absolute atomic E-state index is 0.0164. The molecule has 1 amide bonds. The van der Waals surface area contributed by atoms with Crippen LogP contribution in [0.1, 0.15) is 35.2 Å². The zero-order valence-electron chi connectivity index (χ0n) is 13.7. The third kappa shape index (κ3) is 5.29. The lowest BCUT2D eigenvalue weighted by Crippen LogP contribution is -2.28. The van der Waals surface area contributed by atoms with Crippen LogP contribution in [0.25, 0.3) is 0 Å². The maximum absolute atomic E-state index is 12.1. The van der Waals surface area contributed by atoms with E-state index in [1.165, 1.54) is 11.1 Å². The predicted octanol–water partition coefficient (Wildman–Crippen LogP) is 5.07. The number of aryl methyl sites for hydroxylation is 2. The van der Waals surface area contributed by atoms with E-state index in [2.05, 4.69) is 37.4 Å². The number of nitrogens with one attached hydrogen (secondary N) is 1. The highest BCUT2D eigenvalue weighted by molar-refractivity contribution is 7.99. The largest absolute Gasteiger partial charge is 0.349 e. The molecule has 4 heteroatoms. The number of benzene rings is 2. The van der Waals surface area contributed by atoms with Gasteiger partial charge in [0.1, 0.15) is 0 Å². The van der Waals surface area contributed by atoms with Crippen LogP contribution in [-0.2, 0) is 10.5 Å². The lowest BCUT2D eigenvalue weighted by Gasteiger charge is -2.15. The third-order valence-electron chi connectivity index (χ3n) is 3.86.